The number of piperidine rings is 1. The lowest BCUT2D eigenvalue weighted by atomic mass is 9.97. The molecular weight excluding hydrogens is 208 g/mol. The molecule has 1 aliphatic heterocycles. The number of amides is 1. The van der Waals surface area contributed by atoms with Crippen molar-refractivity contribution in [2.45, 2.75) is 25.8 Å². The highest BCUT2D eigenvalue weighted by Crippen LogP contribution is 2.19. The molecule has 1 rings (SSSR count). The minimum atomic E-state index is -0.183. The molecule has 5 heteroatoms. The molecule has 1 N–H and O–H groups in total. The van der Waals surface area contributed by atoms with Crippen LogP contribution in [0.25, 0.3) is 0 Å². The fourth-order valence-corrected chi connectivity index (χ4v) is 2.09. The third-order valence-corrected chi connectivity index (χ3v) is 3.16. The van der Waals surface area contributed by atoms with Gasteiger partial charge in [-0.15, -0.1) is 0 Å². The van der Waals surface area contributed by atoms with E-state index in [0.29, 0.717) is 6.54 Å². The minimum absolute atomic E-state index is 0.00878. The summed E-state index contributed by atoms with van der Waals surface area (Å²) in [5, 5.41) is 2.62. The minimum Gasteiger partial charge on any atom is -0.469 e. The maximum absolute atomic E-state index is 11.5. The van der Waals surface area contributed by atoms with E-state index in [1.165, 1.54) is 7.11 Å². The number of esters is 1. The normalized spacial score (nSPS) is 23.6. The molecule has 0 aromatic rings. The summed E-state index contributed by atoms with van der Waals surface area (Å²) in [6, 6.07) is -0.183. The van der Waals surface area contributed by atoms with Gasteiger partial charge in [-0.25, -0.2) is 0 Å². The van der Waals surface area contributed by atoms with Crippen molar-refractivity contribution in [3.8, 4) is 0 Å². The van der Waals surface area contributed by atoms with Crippen molar-refractivity contribution in [1.29, 1.82) is 0 Å². The molecule has 0 aromatic carbocycles. The molecule has 1 aliphatic rings. The maximum atomic E-state index is 11.5. The van der Waals surface area contributed by atoms with Gasteiger partial charge in [0.15, 0.2) is 0 Å². The average molecular weight is 228 g/mol. The Morgan fingerprint density at radius 1 is 1.50 bits per heavy atom. The van der Waals surface area contributed by atoms with Crippen LogP contribution in [-0.4, -0.2) is 50.1 Å². The van der Waals surface area contributed by atoms with Crippen LogP contribution in [-0.2, 0) is 14.3 Å². The Hall–Kier alpha value is -1.10. The number of carbonyl (C=O) groups excluding carboxylic acids is 2. The third-order valence-electron chi connectivity index (χ3n) is 3.16. The van der Waals surface area contributed by atoms with E-state index in [1.807, 2.05) is 11.8 Å². The molecule has 0 saturated carbocycles. The van der Waals surface area contributed by atoms with Crippen molar-refractivity contribution in [3.05, 3.63) is 0 Å². The number of hydrogen-bond donors (Lipinski definition) is 1. The predicted octanol–water partition coefficient (Wildman–Crippen LogP) is 0.00590. The largest absolute Gasteiger partial charge is 0.469 e. The summed E-state index contributed by atoms with van der Waals surface area (Å²) in [5.74, 6) is -0.273. The second-order valence-electron chi connectivity index (χ2n) is 4.15. The van der Waals surface area contributed by atoms with Crippen LogP contribution in [0.3, 0.4) is 0 Å². The molecule has 2 atom stereocenters. The quantitative estimate of drug-likeness (QED) is 0.691. The number of likely N-dealkylation sites (tertiary alicyclic amines) is 1. The van der Waals surface area contributed by atoms with Crippen LogP contribution in [0.5, 0.6) is 0 Å². The molecule has 1 heterocycles. The van der Waals surface area contributed by atoms with Crippen molar-refractivity contribution < 1.29 is 14.3 Å². The molecule has 16 heavy (non-hydrogen) atoms. The van der Waals surface area contributed by atoms with E-state index in [2.05, 4.69) is 5.32 Å². The van der Waals surface area contributed by atoms with E-state index < -0.39 is 0 Å². The predicted molar refractivity (Wildman–Crippen MR) is 59.8 cm³/mol. The molecular formula is C11H20N2O3. The van der Waals surface area contributed by atoms with Crippen LogP contribution in [0.15, 0.2) is 0 Å². The van der Waals surface area contributed by atoms with Gasteiger partial charge >= 0.3 is 5.97 Å². The number of rotatable bonds is 3. The molecule has 2 unspecified atom stereocenters. The topological polar surface area (TPSA) is 58.6 Å². The number of carbonyl (C=O) groups is 2. The van der Waals surface area contributed by atoms with Crippen molar-refractivity contribution in [2.24, 2.45) is 5.92 Å². The van der Waals surface area contributed by atoms with Gasteiger partial charge in [0, 0.05) is 13.6 Å². The zero-order chi connectivity index (χ0) is 12.1. The molecule has 0 bridgehead atoms. The van der Waals surface area contributed by atoms with Crippen LogP contribution < -0.4 is 5.32 Å². The van der Waals surface area contributed by atoms with Gasteiger partial charge in [0.25, 0.3) is 0 Å². The van der Waals surface area contributed by atoms with Crippen molar-refractivity contribution in [3.63, 3.8) is 0 Å². The second-order valence-corrected chi connectivity index (χ2v) is 4.15. The number of methoxy groups -OCH3 is 1. The number of nitrogens with one attached hydrogen (secondary N) is 1. The summed E-state index contributed by atoms with van der Waals surface area (Å²) in [6.07, 6.45) is 1.78. The Labute approximate surface area is 96.1 Å². The Kier molecular flexibility index (Phi) is 4.73. The molecule has 1 fully saturated rings. The number of nitrogens with zero attached hydrogens (tertiary/aromatic N) is 1. The molecule has 0 aliphatic carbocycles. The first-order chi connectivity index (χ1) is 7.60. The molecule has 92 valence electrons. The molecule has 0 spiro atoms. The standard InChI is InChI=1S/C11H20N2O3/c1-8(10(14)12-2)13-6-4-5-9(7-13)11(15)16-3/h8-9H,4-7H2,1-3H3,(H,12,14). The lowest BCUT2D eigenvalue weighted by Gasteiger charge is -2.34. The van der Waals surface area contributed by atoms with E-state index in [9.17, 15) is 9.59 Å². The van der Waals surface area contributed by atoms with E-state index >= 15 is 0 Å². The number of ether oxygens (including phenoxy) is 1. The zero-order valence-corrected chi connectivity index (χ0v) is 10.2. The van der Waals surface area contributed by atoms with Gasteiger partial charge in [-0.2, -0.15) is 0 Å². The lowest BCUT2D eigenvalue weighted by Crippen LogP contribution is -2.49. The van der Waals surface area contributed by atoms with Crippen LogP contribution in [0.1, 0.15) is 19.8 Å². The number of hydrogen-bond acceptors (Lipinski definition) is 4. The summed E-state index contributed by atoms with van der Waals surface area (Å²) < 4.78 is 4.74. The highest BCUT2D eigenvalue weighted by Gasteiger charge is 2.30. The van der Waals surface area contributed by atoms with Crippen molar-refractivity contribution >= 4 is 11.9 Å². The average Bonchev–Trinajstić information content (AvgIpc) is 2.36. The van der Waals surface area contributed by atoms with Gasteiger partial charge in [0.1, 0.15) is 0 Å². The Bertz CT molecular complexity index is 254. The molecule has 0 radical (unpaired) electrons. The summed E-state index contributed by atoms with van der Waals surface area (Å²) in [6.45, 7) is 3.34. The summed E-state index contributed by atoms with van der Waals surface area (Å²) in [4.78, 5) is 24.9. The van der Waals surface area contributed by atoms with Gasteiger partial charge in [0.05, 0.1) is 19.1 Å². The SMILES string of the molecule is CNC(=O)C(C)N1CCCC(C(=O)OC)C1. The first-order valence-electron chi connectivity index (χ1n) is 5.63. The van der Waals surface area contributed by atoms with Gasteiger partial charge in [-0.05, 0) is 26.3 Å². The van der Waals surface area contributed by atoms with Crippen LogP contribution in [0, 0.1) is 5.92 Å². The smallest absolute Gasteiger partial charge is 0.309 e. The first-order valence-corrected chi connectivity index (χ1v) is 5.63. The fraction of sp³-hybridized carbons (Fsp3) is 0.818. The molecule has 1 amide bonds. The van der Waals surface area contributed by atoms with Crippen LogP contribution >= 0.6 is 0 Å². The third kappa shape index (κ3) is 2.95. The van der Waals surface area contributed by atoms with E-state index in [-0.39, 0.29) is 23.8 Å². The highest BCUT2D eigenvalue weighted by molar-refractivity contribution is 5.81. The Balaban J connectivity index is 2.56. The zero-order valence-electron chi connectivity index (χ0n) is 10.2. The van der Waals surface area contributed by atoms with Gasteiger partial charge in [-0.1, -0.05) is 0 Å². The lowest BCUT2D eigenvalue weighted by molar-refractivity contribution is -0.148. The second kappa shape index (κ2) is 5.84. The Morgan fingerprint density at radius 3 is 2.75 bits per heavy atom. The van der Waals surface area contributed by atoms with Crippen molar-refractivity contribution in [1.82, 2.24) is 10.2 Å². The van der Waals surface area contributed by atoms with Gasteiger partial charge < -0.3 is 10.1 Å². The monoisotopic (exact) mass is 228 g/mol. The fourth-order valence-electron chi connectivity index (χ4n) is 2.09. The molecule has 0 aromatic heterocycles. The molecule has 1 saturated heterocycles. The van der Waals surface area contributed by atoms with E-state index in [1.54, 1.807) is 7.05 Å². The summed E-state index contributed by atoms with van der Waals surface area (Å²) in [7, 11) is 3.03. The van der Waals surface area contributed by atoms with Gasteiger partial charge in [0.2, 0.25) is 5.91 Å². The molecule has 5 nitrogen and oxygen atoms in total. The van der Waals surface area contributed by atoms with Gasteiger partial charge in [-0.3, -0.25) is 14.5 Å². The summed E-state index contributed by atoms with van der Waals surface area (Å²) >= 11 is 0. The first kappa shape index (κ1) is 13.0. The van der Waals surface area contributed by atoms with Crippen LogP contribution in [0.2, 0.25) is 0 Å². The van der Waals surface area contributed by atoms with Crippen LogP contribution in [0.4, 0.5) is 0 Å². The Morgan fingerprint density at radius 2 is 2.19 bits per heavy atom. The van der Waals surface area contributed by atoms with Crippen molar-refractivity contribution in [2.75, 3.05) is 27.2 Å². The summed E-state index contributed by atoms with van der Waals surface area (Å²) in [5.41, 5.74) is 0. The van der Waals surface area contributed by atoms with E-state index in [0.717, 1.165) is 19.4 Å². The van der Waals surface area contributed by atoms with E-state index in [4.69, 9.17) is 4.74 Å². The number of likely N-dealkylation sites (N-methyl/N-ethyl adjacent to an activating group) is 1. The highest BCUT2D eigenvalue weighted by atomic mass is 16.5. The maximum Gasteiger partial charge on any atom is 0.309 e.